The highest BCUT2D eigenvalue weighted by Crippen LogP contribution is 2.58. The number of rotatable bonds is 2. The van der Waals surface area contributed by atoms with Crippen LogP contribution in [-0.4, -0.2) is 12.5 Å². The van der Waals surface area contributed by atoms with Gasteiger partial charge in [-0.3, -0.25) is 0 Å². The molecule has 0 radical (unpaired) electrons. The first-order chi connectivity index (χ1) is 7.08. The van der Waals surface area contributed by atoms with E-state index in [2.05, 4.69) is 0 Å². The molecule has 2 aliphatic rings. The molecule has 2 fully saturated rings. The van der Waals surface area contributed by atoms with Crippen molar-refractivity contribution in [3.05, 3.63) is 0 Å². The Hall–Kier alpha value is -0.180. The minimum absolute atomic E-state index is 0.0428. The zero-order valence-electron chi connectivity index (χ0n) is 9.27. The number of hydrogen-bond donors (Lipinski definition) is 1. The molecule has 88 valence electrons. The molecule has 0 atom stereocenters. The largest absolute Gasteiger partial charge is 0.330 e. The van der Waals surface area contributed by atoms with E-state index < -0.39 is 5.92 Å². The number of nitrogens with two attached hydrogens (primary N) is 1. The lowest BCUT2D eigenvalue weighted by molar-refractivity contribution is -0.180. The minimum Gasteiger partial charge on any atom is -0.330 e. The van der Waals surface area contributed by atoms with Crippen molar-refractivity contribution in [3.8, 4) is 0 Å². The first kappa shape index (κ1) is 11.3. The molecule has 0 saturated heterocycles. The highest BCUT2D eigenvalue weighted by atomic mass is 19.3. The molecular weight excluding hydrogens is 196 g/mol. The lowest BCUT2D eigenvalue weighted by Crippen LogP contribution is -2.54. The van der Waals surface area contributed by atoms with Gasteiger partial charge in [0.1, 0.15) is 0 Å². The molecule has 0 aromatic rings. The summed E-state index contributed by atoms with van der Waals surface area (Å²) in [6, 6.07) is 0. The molecule has 3 heteroatoms. The molecule has 0 unspecified atom stereocenters. The summed E-state index contributed by atoms with van der Waals surface area (Å²) < 4.78 is 26.0. The summed E-state index contributed by atoms with van der Waals surface area (Å²) in [7, 11) is 0. The van der Waals surface area contributed by atoms with Crippen LogP contribution in [0.1, 0.15) is 51.4 Å². The van der Waals surface area contributed by atoms with Gasteiger partial charge < -0.3 is 5.73 Å². The molecule has 0 aromatic heterocycles. The summed E-state index contributed by atoms with van der Waals surface area (Å²) in [6.45, 7) is 0.452. The molecule has 0 aliphatic heterocycles. The summed E-state index contributed by atoms with van der Waals surface area (Å²) >= 11 is 0. The Bertz CT molecular complexity index is 212. The van der Waals surface area contributed by atoms with E-state index in [1.54, 1.807) is 0 Å². The van der Waals surface area contributed by atoms with Crippen molar-refractivity contribution in [2.75, 3.05) is 6.54 Å². The van der Waals surface area contributed by atoms with Gasteiger partial charge in [0.15, 0.2) is 0 Å². The summed E-state index contributed by atoms with van der Waals surface area (Å²) in [5.41, 5.74) is 5.52. The fourth-order valence-corrected chi connectivity index (χ4v) is 3.47. The van der Waals surface area contributed by atoms with Crippen LogP contribution in [0, 0.1) is 11.3 Å². The second-order valence-electron chi connectivity index (χ2n) is 5.46. The van der Waals surface area contributed by atoms with Crippen molar-refractivity contribution in [3.63, 3.8) is 0 Å². The standard InChI is InChI=1S/C12H21F2N/c13-12(14)7-11(8-12,9-15)10-5-3-1-2-4-6-10/h10H,1-9,15H2. The second-order valence-corrected chi connectivity index (χ2v) is 5.46. The molecule has 0 amide bonds. The zero-order chi connectivity index (χ0) is 10.9. The SMILES string of the molecule is NCC1(C2CCCCCC2)CC(F)(F)C1. The van der Waals surface area contributed by atoms with Crippen molar-refractivity contribution in [2.24, 2.45) is 17.1 Å². The van der Waals surface area contributed by atoms with Gasteiger partial charge in [-0.1, -0.05) is 25.7 Å². The molecule has 2 rings (SSSR count). The Morgan fingerprint density at radius 3 is 1.93 bits per heavy atom. The van der Waals surface area contributed by atoms with E-state index in [-0.39, 0.29) is 18.3 Å². The molecule has 0 heterocycles. The van der Waals surface area contributed by atoms with Crippen LogP contribution in [0.4, 0.5) is 8.78 Å². The van der Waals surface area contributed by atoms with Crippen LogP contribution in [0.15, 0.2) is 0 Å². The minimum atomic E-state index is -2.42. The van der Waals surface area contributed by atoms with E-state index in [4.69, 9.17) is 5.73 Å². The fourth-order valence-electron chi connectivity index (χ4n) is 3.47. The molecule has 1 nitrogen and oxygen atoms in total. The average Bonchev–Trinajstić information content (AvgIpc) is 2.41. The predicted molar refractivity (Wildman–Crippen MR) is 56.9 cm³/mol. The van der Waals surface area contributed by atoms with Crippen LogP contribution >= 0.6 is 0 Å². The first-order valence-electron chi connectivity index (χ1n) is 6.16. The maximum Gasteiger partial charge on any atom is 0.249 e. The van der Waals surface area contributed by atoms with E-state index in [1.165, 1.54) is 25.7 Å². The Labute approximate surface area is 90.4 Å². The van der Waals surface area contributed by atoms with Crippen LogP contribution in [0.2, 0.25) is 0 Å². The smallest absolute Gasteiger partial charge is 0.249 e. The molecule has 2 aliphatic carbocycles. The van der Waals surface area contributed by atoms with Crippen molar-refractivity contribution >= 4 is 0 Å². The highest BCUT2D eigenvalue weighted by Gasteiger charge is 2.58. The number of halogens is 2. The van der Waals surface area contributed by atoms with Crippen LogP contribution in [0.25, 0.3) is 0 Å². The van der Waals surface area contributed by atoms with E-state index >= 15 is 0 Å². The lowest BCUT2D eigenvalue weighted by atomic mass is 9.57. The van der Waals surface area contributed by atoms with Crippen molar-refractivity contribution < 1.29 is 8.78 Å². The van der Waals surface area contributed by atoms with E-state index in [0.29, 0.717) is 12.5 Å². The lowest BCUT2D eigenvalue weighted by Gasteiger charge is -2.51. The normalized spacial score (nSPS) is 30.6. The number of alkyl halides is 2. The number of hydrogen-bond acceptors (Lipinski definition) is 1. The van der Waals surface area contributed by atoms with Gasteiger partial charge in [0.05, 0.1) is 0 Å². The molecule has 2 saturated carbocycles. The van der Waals surface area contributed by atoms with Gasteiger partial charge in [-0.15, -0.1) is 0 Å². The van der Waals surface area contributed by atoms with Gasteiger partial charge in [0, 0.05) is 12.8 Å². The first-order valence-corrected chi connectivity index (χ1v) is 6.16. The molecule has 0 bridgehead atoms. The molecule has 0 aromatic carbocycles. The topological polar surface area (TPSA) is 26.0 Å². The highest BCUT2D eigenvalue weighted by molar-refractivity contribution is 5.03. The van der Waals surface area contributed by atoms with Crippen molar-refractivity contribution in [1.82, 2.24) is 0 Å². The maximum atomic E-state index is 13.0. The van der Waals surface area contributed by atoms with Crippen LogP contribution in [0.3, 0.4) is 0 Å². The van der Waals surface area contributed by atoms with Gasteiger partial charge in [-0.25, -0.2) is 8.78 Å². The predicted octanol–water partition coefficient (Wildman–Crippen LogP) is 3.33. The average molecular weight is 217 g/mol. The summed E-state index contributed by atoms with van der Waals surface area (Å²) in [5.74, 6) is -1.96. The van der Waals surface area contributed by atoms with Crippen molar-refractivity contribution in [1.29, 1.82) is 0 Å². The van der Waals surface area contributed by atoms with E-state index in [0.717, 1.165) is 12.8 Å². The van der Waals surface area contributed by atoms with E-state index in [1.807, 2.05) is 0 Å². The monoisotopic (exact) mass is 217 g/mol. The Kier molecular flexibility index (Phi) is 3.02. The van der Waals surface area contributed by atoms with Crippen LogP contribution in [-0.2, 0) is 0 Å². The summed E-state index contributed by atoms with van der Waals surface area (Å²) in [6.07, 6.45) is 7.28. The van der Waals surface area contributed by atoms with Gasteiger partial charge >= 0.3 is 0 Å². The third kappa shape index (κ3) is 2.17. The second kappa shape index (κ2) is 4.00. The van der Waals surface area contributed by atoms with Crippen LogP contribution in [0.5, 0.6) is 0 Å². The van der Waals surface area contributed by atoms with Gasteiger partial charge in [-0.2, -0.15) is 0 Å². The Morgan fingerprint density at radius 1 is 1.00 bits per heavy atom. The summed E-state index contributed by atoms with van der Waals surface area (Å²) in [5, 5.41) is 0. The van der Waals surface area contributed by atoms with E-state index in [9.17, 15) is 8.78 Å². The quantitative estimate of drug-likeness (QED) is 0.705. The zero-order valence-corrected chi connectivity index (χ0v) is 9.27. The van der Waals surface area contributed by atoms with Gasteiger partial charge in [-0.05, 0) is 30.7 Å². The molecule has 15 heavy (non-hydrogen) atoms. The third-order valence-corrected chi connectivity index (χ3v) is 4.35. The van der Waals surface area contributed by atoms with Gasteiger partial charge in [0.2, 0.25) is 5.92 Å². The fraction of sp³-hybridized carbons (Fsp3) is 1.00. The van der Waals surface area contributed by atoms with Crippen molar-refractivity contribution in [2.45, 2.75) is 57.3 Å². The molecule has 2 N–H and O–H groups in total. The van der Waals surface area contributed by atoms with Gasteiger partial charge in [0.25, 0.3) is 0 Å². The Balaban J connectivity index is 2.00. The Morgan fingerprint density at radius 2 is 1.53 bits per heavy atom. The maximum absolute atomic E-state index is 13.0. The molecule has 0 spiro atoms. The molecular formula is C12H21F2N. The third-order valence-electron chi connectivity index (χ3n) is 4.35. The van der Waals surface area contributed by atoms with Crippen LogP contribution < -0.4 is 5.73 Å². The summed E-state index contributed by atoms with van der Waals surface area (Å²) in [4.78, 5) is 0.